The van der Waals surface area contributed by atoms with Crippen molar-refractivity contribution in [1.82, 2.24) is 10.1 Å². The lowest BCUT2D eigenvalue weighted by Gasteiger charge is -2.25. The molecule has 2 N–H and O–H groups in total. The summed E-state index contributed by atoms with van der Waals surface area (Å²) in [6.07, 6.45) is 1.59. The van der Waals surface area contributed by atoms with E-state index in [9.17, 15) is 0 Å². The van der Waals surface area contributed by atoms with Crippen molar-refractivity contribution in [3.05, 3.63) is 35.7 Å². The zero-order valence-electron chi connectivity index (χ0n) is 12.2. The van der Waals surface area contributed by atoms with Crippen molar-refractivity contribution in [2.24, 2.45) is 5.73 Å². The normalized spacial score (nSPS) is 11.8. The molecule has 5 nitrogen and oxygen atoms in total. The van der Waals surface area contributed by atoms with Crippen LogP contribution in [-0.4, -0.2) is 17.3 Å². The number of ether oxygens (including phenoxy) is 1. The second-order valence-electron chi connectivity index (χ2n) is 4.73. The third kappa shape index (κ3) is 2.59. The average molecular weight is 275 g/mol. The zero-order chi connectivity index (χ0) is 14.6. The van der Waals surface area contributed by atoms with Crippen molar-refractivity contribution < 1.29 is 9.26 Å². The van der Waals surface area contributed by atoms with E-state index in [1.807, 2.05) is 24.3 Å². The van der Waals surface area contributed by atoms with Crippen LogP contribution < -0.4 is 5.73 Å². The van der Waals surface area contributed by atoms with Crippen LogP contribution in [0.2, 0.25) is 0 Å². The molecule has 0 unspecified atom stereocenters. The highest BCUT2D eigenvalue weighted by molar-refractivity contribution is 5.54. The Bertz CT molecular complexity index is 553. The minimum absolute atomic E-state index is 0.479. The second kappa shape index (κ2) is 6.15. The molecule has 1 aromatic carbocycles. The SMILES string of the molecule is CCC(CC)(OC)c1noc(-c2cccc(CN)c2)n1. The summed E-state index contributed by atoms with van der Waals surface area (Å²) in [5.41, 5.74) is 7.08. The lowest BCUT2D eigenvalue weighted by atomic mass is 9.96. The maximum absolute atomic E-state index is 5.65. The number of hydrogen-bond donors (Lipinski definition) is 1. The van der Waals surface area contributed by atoms with E-state index in [1.54, 1.807) is 7.11 Å². The van der Waals surface area contributed by atoms with Crippen LogP contribution in [-0.2, 0) is 16.9 Å². The van der Waals surface area contributed by atoms with E-state index in [-0.39, 0.29) is 0 Å². The highest BCUT2D eigenvalue weighted by atomic mass is 16.5. The van der Waals surface area contributed by atoms with Gasteiger partial charge >= 0.3 is 0 Å². The Morgan fingerprint density at radius 2 is 2.05 bits per heavy atom. The lowest BCUT2D eigenvalue weighted by molar-refractivity contribution is -0.0306. The summed E-state index contributed by atoms with van der Waals surface area (Å²) in [5.74, 6) is 1.09. The van der Waals surface area contributed by atoms with Crippen LogP contribution >= 0.6 is 0 Å². The van der Waals surface area contributed by atoms with Crippen LogP contribution in [0.15, 0.2) is 28.8 Å². The highest BCUT2D eigenvalue weighted by Gasteiger charge is 2.33. The number of aromatic nitrogens is 2. The van der Waals surface area contributed by atoms with Gasteiger partial charge in [-0.25, -0.2) is 0 Å². The van der Waals surface area contributed by atoms with Gasteiger partial charge in [0, 0.05) is 19.2 Å². The Kier molecular flexibility index (Phi) is 4.52. The molecule has 108 valence electrons. The highest BCUT2D eigenvalue weighted by Crippen LogP contribution is 2.31. The first kappa shape index (κ1) is 14.7. The van der Waals surface area contributed by atoms with Crippen LogP contribution in [0.3, 0.4) is 0 Å². The molecule has 2 aromatic rings. The predicted molar refractivity (Wildman–Crippen MR) is 76.9 cm³/mol. The monoisotopic (exact) mass is 275 g/mol. The summed E-state index contributed by atoms with van der Waals surface area (Å²) < 4.78 is 11.0. The molecule has 5 heteroatoms. The molecule has 0 saturated carbocycles. The Labute approximate surface area is 119 Å². The molecule has 0 saturated heterocycles. The van der Waals surface area contributed by atoms with Crippen molar-refractivity contribution in [1.29, 1.82) is 0 Å². The van der Waals surface area contributed by atoms with Crippen LogP contribution in [0, 0.1) is 0 Å². The molecule has 0 radical (unpaired) electrons. The number of rotatable bonds is 6. The number of nitrogens with zero attached hydrogens (tertiary/aromatic N) is 2. The maximum atomic E-state index is 5.65. The van der Waals surface area contributed by atoms with Crippen LogP contribution in [0.5, 0.6) is 0 Å². The predicted octanol–water partition coefficient (Wildman–Crippen LogP) is 2.86. The van der Waals surface area contributed by atoms with Crippen molar-refractivity contribution >= 4 is 0 Å². The van der Waals surface area contributed by atoms with Crippen molar-refractivity contribution in [3.63, 3.8) is 0 Å². The van der Waals surface area contributed by atoms with Gasteiger partial charge in [0.15, 0.2) is 0 Å². The third-order valence-corrected chi connectivity index (χ3v) is 3.78. The van der Waals surface area contributed by atoms with Gasteiger partial charge in [-0.05, 0) is 30.5 Å². The van der Waals surface area contributed by atoms with Gasteiger partial charge in [0.1, 0.15) is 5.60 Å². The number of nitrogens with two attached hydrogens (primary N) is 1. The number of methoxy groups -OCH3 is 1. The minimum atomic E-state index is -0.479. The first-order valence-electron chi connectivity index (χ1n) is 6.87. The Morgan fingerprint density at radius 1 is 1.30 bits per heavy atom. The quantitative estimate of drug-likeness (QED) is 0.877. The van der Waals surface area contributed by atoms with E-state index >= 15 is 0 Å². The smallest absolute Gasteiger partial charge is 0.258 e. The molecule has 0 aliphatic rings. The van der Waals surface area contributed by atoms with Crippen molar-refractivity contribution in [2.45, 2.75) is 38.8 Å². The van der Waals surface area contributed by atoms with E-state index < -0.39 is 5.60 Å². The Morgan fingerprint density at radius 3 is 2.65 bits per heavy atom. The molecule has 0 atom stereocenters. The summed E-state index contributed by atoms with van der Waals surface area (Å²) in [5, 5.41) is 4.09. The van der Waals surface area contributed by atoms with E-state index in [4.69, 9.17) is 15.0 Å². The van der Waals surface area contributed by atoms with E-state index in [2.05, 4.69) is 24.0 Å². The van der Waals surface area contributed by atoms with Gasteiger partial charge in [-0.2, -0.15) is 4.98 Å². The molecule has 2 rings (SSSR count). The molecule has 0 amide bonds. The van der Waals surface area contributed by atoms with Crippen molar-refractivity contribution in [2.75, 3.05) is 7.11 Å². The molecule has 0 bridgehead atoms. The molecular formula is C15H21N3O2. The lowest BCUT2D eigenvalue weighted by Crippen LogP contribution is -2.28. The molecule has 0 aliphatic heterocycles. The summed E-state index contributed by atoms with van der Waals surface area (Å²) in [6, 6.07) is 7.80. The summed E-state index contributed by atoms with van der Waals surface area (Å²) in [4.78, 5) is 4.50. The Balaban J connectivity index is 2.37. The van der Waals surface area contributed by atoms with Gasteiger partial charge in [0.2, 0.25) is 5.82 Å². The number of benzene rings is 1. The van der Waals surface area contributed by atoms with Gasteiger partial charge < -0.3 is 15.0 Å². The molecule has 1 heterocycles. The standard InChI is InChI=1S/C15H21N3O2/c1-4-15(5-2,19-3)14-17-13(20-18-14)12-8-6-7-11(9-12)10-16/h6-9H,4-5,10,16H2,1-3H3. The average Bonchev–Trinajstić information content (AvgIpc) is 3.00. The van der Waals surface area contributed by atoms with Gasteiger partial charge in [-0.3, -0.25) is 0 Å². The van der Waals surface area contributed by atoms with Crippen molar-refractivity contribution in [3.8, 4) is 11.5 Å². The molecule has 0 spiro atoms. The molecule has 0 aliphatic carbocycles. The molecular weight excluding hydrogens is 254 g/mol. The molecule has 20 heavy (non-hydrogen) atoms. The zero-order valence-corrected chi connectivity index (χ0v) is 12.2. The largest absolute Gasteiger partial charge is 0.370 e. The topological polar surface area (TPSA) is 74.2 Å². The van der Waals surface area contributed by atoms with E-state index in [0.717, 1.165) is 24.0 Å². The first-order valence-corrected chi connectivity index (χ1v) is 6.87. The fraction of sp³-hybridized carbons (Fsp3) is 0.467. The third-order valence-electron chi connectivity index (χ3n) is 3.78. The van der Waals surface area contributed by atoms with Crippen LogP contribution in [0.1, 0.15) is 38.1 Å². The summed E-state index contributed by atoms with van der Waals surface area (Å²) in [7, 11) is 1.68. The van der Waals surface area contributed by atoms with Gasteiger partial charge in [-0.1, -0.05) is 31.1 Å². The number of hydrogen-bond acceptors (Lipinski definition) is 5. The molecule has 0 fully saturated rings. The first-order chi connectivity index (χ1) is 9.69. The van der Waals surface area contributed by atoms with E-state index in [1.165, 1.54) is 0 Å². The van der Waals surface area contributed by atoms with E-state index in [0.29, 0.717) is 18.3 Å². The van der Waals surface area contributed by atoms with Crippen LogP contribution in [0.25, 0.3) is 11.5 Å². The van der Waals surface area contributed by atoms with Crippen LogP contribution in [0.4, 0.5) is 0 Å². The Hall–Kier alpha value is -1.72. The fourth-order valence-corrected chi connectivity index (χ4v) is 2.30. The fourth-order valence-electron chi connectivity index (χ4n) is 2.30. The second-order valence-corrected chi connectivity index (χ2v) is 4.73. The van der Waals surface area contributed by atoms with Gasteiger partial charge in [-0.15, -0.1) is 0 Å². The molecule has 1 aromatic heterocycles. The minimum Gasteiger partial charge on any atom is -0.370 e. The summed E-state index contributed by atoms with van der Waals surface area (Å²) >= 11 is 0. The maximum Gasteiger partial charge on any atom is 0.258 e. The van der Waals surface area contributed by atoms with Gasteiger partial charge in [0.05, 0.1) is 0 Å². The van der Waals surface area contributed by atoms with Gasteiger partial charge in [0.25, 0.3) is 5.89 Å². The summed E-state index contributed by atoms with van der Waals surface area (Å²) in [6.45, 7) is 4.59.